The van der Waals surface area contributed by atoms with Crippen molar-refractivity contribution >= 4 is 0 Å². The Morgan fingerprint density at radius 1 is 1.37 bits per heavy atom. The molecule has 0 aromatic heterocycles. The topological polar surface area (TPSA) is 41.5 Å². The van der Waals surface area contributed by atoms with Crippen LogP contribution in [-0.2, 0) is 6.54 Å². The van der Waals surface area contributed by atoms with Gasteiger partial charge in [0.15, 0.2) is 0 Å². The van der Waals surface area contributed by atoms with Gasteiger partial charge in [-0.25, -0.2) is 4.39 Å². The fourth-order valence-electron chi connectivity index (χ4n) is 1.53. The number of nitrogens with one attached hydrogen (secondary N) is 1. The maximum atomic E-state index is 13.3. The first-order chi connectivity index (χ1) is 8.78. The van der Waals surface area contributed by atoms with Crippen LogP contribution >= 0.6 is 0 Å². The summed E-state index contributed by atoms with van der Waals surface area (Å²) in [5.74, 6) is 0.396. The van der Waals surface area contributed by atoms with E-state index in [2.05, 4.69) is 26.1 Å². The largest absolute Gasteiger partial charge is 0.493 e. The van der Waals surface area contributed by atoms with Gasteiger partial charge in [-0.3, -0.25) is 0 Å². The molecule has 0 bridgehead atoms. The lowest BCUT2D eigenvalue weighted by Gasteiger charge is -2.21. The van der Waals surface area contributed by atoms with Crippen LogP contribution in [0.1, 0.15) is 39.7 Å². The van der Waals surface area contributed by atoms with Crippen molar-refractivity contribution in [2.24, 2.45) is 0 Å². The third-order valence-electron chi connectivity index (χ3n) is 2.62. The van der Waals surface area contributed by atoms with Gasteiger partial charge in [-0.1, -0.05) is 0 Å². The smallest absolute Gasteiger partial charge is 0.123 e. The van der Waals surface area contributed by atoms with Crippen LogP contribution in [0.15, 0.2) is 18.2 Å². The van der Waals surface area contributed by atoms with Crippen molar-refractivity contribution in [3.63, 3.8) is 0 Å². The summed E-state index contributed by atoms with van der Waals surface area (Å²) in [5, 5.41) is 12.5. The highest BCUT2D eigenvalue weighted by molar-refractivity contribution is 5.34. The number of benzene rings is 1. The summed E-state index contributed by atoms with van der Waals surface area (Å²) in [6.07, 6.45) is 0.167. The van der Waals surface area contributed by atoms with E-state index < -0.39 is 6.10 Å². The van der Waals surface area contributed by atoms with Crippen LogP contribution in [0.5, 0.6) is 5.75 Å². The molecule has 0 amide bonds. The maximum absolute atomic E-state index is 13.3. The normalized spacial score (nSPS) is 13.4. The standard InChI is InChI=1S/C15H24FNO2/c1-11(18)7-8-19-14-6-5-13(16)9-12(14)10-17-15(2,3)4/h5-6,9,11,17-18H,7-8,10H2,1-4H3. The molecule has 4 heteroatoms. The number of halogens is 1. The van der Waals surface area contributed by atoms with Gasteiger partial charge >= 0.3 is 0 Å². The van der Waals surface area contributed by atoms with Crippen molar-refractivity contribution in [1.82, 2.24) is 5.32 Å². The van der Waals surface area contributed by atoms with E-state index in [1.54, 1.807) is 13.0 Å². The van der Waals surface area contributed by atoms with Crippen LogP contribution in [-0.4, -0.2) is 23.4 Å². The fourth-order valence-corrected chi connectivity index (χ4v) is 1.53. The highest BCUT2D eigenvalue weighted by atomic mass is 19.1. The summed E-state index contributed by atoms with van der Waals surface area (Å²) in [4.78, 5) is 0. The number of hydrogen-bond acceptors (Lipinski definition) is 3. The zero-order chi connectivity index (χ0) is 14.5. The third kappa shape index (κ3) is 6.55. The summed E-state index contributed by atoms with van der Waals surface area (Å²) >= 11 is 0. The van der Waals surface area contributed by atoms with Gasteiger partial charge in [0.05, 0.1) is 12.7 Å². The molecule has 0 radical (unpaired) electrons. The Morgan fingerprint density at radius 2 is 2.05 bits per heavy atom. The van der Waals surface area contributed by atoms with Crippen LogP contribution < -0.4 is 10.1 Å². The maximum Gasteiger partial charge on any atom is 0.123 e. The minimum Gasteiger partial charge on any atom is -0.493 e. The van der Waals surface area contributed by atoms with Crippen molar-refractivity contribution in [3.8, 4) is 5.75 Å². The predicted octanol–water partition coefficient (Wildman–Crippen LogP) is 2.86. The van der Waals surface area contributed by atoms with Crippen LogP contribution in [0, 0.1) is 5.82 Å². The molecule has 0 saturated heterocycles. The Balaban J connectivity index is 2.68. The summed E-state index contributed by atoms with van der Waals surface area (Å²) < 4.78 is 18.9. The number of aliphatic hydroxyl groups excluding tert-OH is 1. The van der Waals surface area contributed by atoms with Gasteiger partial charge in [-0.05, 0) is 45.9 Å². The molecule has 1 aromatic carbocycles. The lowest BCUT2D eigenvalue weighted by molar-refractivity contribution is 0.155. The highest BCUT2D eigenvalue weighted by Gasteiger charge is 2.12. The molecule has 0 saturated carbocycles. The number of hydrogen-bond donors (Lipinski definition) is 2. The molecule has 0 aliphatic carbocycles. The molecular weight excluding hydrogens is 245 g/mol. The lowest BCUT2D eigenvalue weighted by atomic mass is 10.1. The van der Waals surface area contributed by atoms with Crippen molar-refractivity contribution in [2.75, 3.05) is 6.61 Å². The Labute approximate surface area is 114 Å². The van der Waals surface area contributed by atoms with Crippen LogP contribution in [0.4, 0.5) is 4.39 Å². The third-order valence-corrected chi connectivity index (χ3v) is 2.62. The average molecular weight is 269 g/mol. The van der Waals surface area contributed by atoms with Gasteiger partial charge in [0.2, 0.25) is 0 Å². The van der Waals surface area contributed by atoms with Crippen molar-refractivity contribution in [2.45, 2.75) is 52.3 Å². The molecule has 0 fully saturated rings. The average Bonchev–Trinajstić information content (AvgIpc) is 2.27. The first-order valence-corrected chi connectivity index (χ1v) is 6.62. The Morgan fingerprint density at radius 3 is 2.63 bits per heavy atom. The van der Waals surface area contributed by atoms with Crippen LogP contribution in [0.3, 0.4) is 0 Å². The highest BCUT2D eigenvalue weighted by Crippen LogP contribution is 2.21. The number of rotatable bonds is 6. The van der Waals surface area contributed by atoms with Gasteiger partial charge in [-0.2, -0.15) is 0 Å². The van der Waals surface area contributed by atoms with Crippen molar-refractivity contribution in [1.29, 1.82) is 0 Å². The molecule has 1 rings (SSSR count). The minimum absolute atomic E-state index is 0.0385. The summed E-state index contributed by atoms with van der Waals surface area (Å²) in [7, 11) is 0. The quantitative estimate of drug-likeness (QED) is 0.834. The van der Waals surface area contributed by atoms with E-state index in [9.17, 15) is 9.50 Å². The van der Waals surface area contributed by atoms with Gasteiger partial charge in [0, 0.05) is 24.1 Å². The second-order valence-corrected chi connectivity index (χ2v) is 5.84. The molecule has 3 nitrogen and oxygen atoms in total. The first kappa shape index (κ1) is 15.9. The summed E-state index contributed by atoms with van der Waals surface area (Å²) in [5.41, 5.74) is 0.754. The minimum atomic E-state index is -0.392. The summed E-state index contributed by atoms with van der Waals surface area (Å²) in [6, 6.07) is 4.51. The van der Waals surface area contributed by atoms with Gasteiger partial charge in [0.25, 0.3) is 0 Å². The van der Waals surface area contributed by atoms with E-state index in [0.29, 0.717) is 25.3 Å². The lowest BCUT2D eigenvalue weighted by Crippen LogP contribution is -2.35. The second-order valence-electron chi connectivity index (χ2n) is 5.84. The van der Waals surface area contributed by atoms with E-state index in [4.69, 9.17) is 4.74 Å². The molecule has 0 aliphatic rings. The zero-order valence-corrected chi connectivity index (χ0v) is 12.2. The van der Waals surface area contributed by atoms with Crippen LogP contribution in [0.25, 0.3) is 0 Å². The fraction of sp³-hybridized carbons (Fsp3) is 0.600. The molecule has 0 aliphatic heterocycles. The van der Waals surface area contributed by atoms with Crippen molar-refractivity contribution < 1.29 is 14.2 Å². The molecule has 0 spiro atoms. The molecule has 19 heavy (non-hydrogen) atoms. The first-order valence-electron chi connectivity index (χ1n) is 6.62. The Bertz CT molecular complexity index is 400. The Kier molecular flexibility index (Phi) is 5.76. The van der Waals surface area contributed by atoms with Gasteiger partial charge in [0.1, 0.15) is 11.6 Å². The van der Waals surface area contributed by atoms with Crippen LogP contribution in [0.2, 0.25) is 0 Å². The molecule has 1 aromatic rings. The summed E-state index contributed by atoms with van der Waals surface area (Å²) in [6.45, 7) is 8.86. The molecule has 0 heterocycles. The van der Waals surface area contributed by atoms with E-state index in [0.717, 1.165) is 5.56 Å². The van der Waals surface area contributed by atoms with Gasteiger partial charge in [-0.15, -0.1) is 0 Å². The number of aliphatic hydroxyl groups is 1. The predicted molar refractivity (Wildman–Crippen MR) is 74.8 cm³/mol. The second kappa shape index (κ2) is 6.87. The zero-order valence-electron chi connectivity index (χ0n) is 12.2. The molecule has 108 valence electrons. The SMILES string of the molecule is CC(O)CCOc1ccc(F)cc1CNC(C)(C)C. The molecular formula is C15H24FNO2. The Hall–Kier alpha value is -1.13. The van der Waals surface area contributed by atoms with Gasteiger partial charge < -0.3 is 15.2 Å². The number of ether oxygens (including phenoxy) is 1. The van der Waals surface area contributed by atoms with Crippen molar-refractivity contribution in [3.05, 3.63) is 29.6 Å². The molecule has 2 N–H and O–H groups in total. The molecule has 1 atom stereocenters. The van der Waals surface area contributed by atoms with E-state index in [1.165, 1.54) is 12.1 Å². The molecule has 1 unspecified atom stereocenters. The monoisotopic (exact) mass is 269 g/mol. The van der Waals surface area contributed by atoms with E-state index in [-0.39, 0.29) is 11.4 Å². The van der Waals surface area contributed by atoms with E-state index in [1.807, 2.05) is 0 Å². The van der Waals surface area contributed by atoms with E-state index >= 15 is 0 Å².